The molecule has 0 heterocycles. The highest BCUT2D eigenvalue weighted by molar-refractivity contribution is 5.61. The van der Waals surface area contributed by atoms with Gasteiger partial charge < -0.3 is 4.79 Å². The lowest BCUT2D eigenvalue weighted by Crippen LogP contribution is -2.22. The second-order valence-electron chi connectivity index (χ2n) is 4.60. The lowest BCUT2D eigenvalue weighted by molar-refractivity contribution is -0.137. The van der Waals surface area contributed by atoms with Crippen LogP contribution < -0.4 is 5.32 Å². The second kappa shape index (κ2) is 6.54. The number of nitrogens with one attached hydrogen (secondary N) is 1. The summed E-state index contributed by atoms with van der Waals surface area (Å²) in [5.74, 6) is 0. The van der Waals surface area contributed by atoms with E-state index in [0.717, 1.165) is 17.7 Å². The molecule has 1 atom stereocenters. The van der Waals surface area contributed by atoms with E-state index < -0.39 is 17.8 Å². The fourth-order valence-electron chi connectivity index (χ4n) is 1.95. The summed E-state index contributed by atoms with van der Waals surface area (Å²) in [6.07, 6.45) is -3.68. The van der Waals surface area contributed by atoms with Crippen LogP contribution in [0, 0.1) is 0 Å². The molecule has 2 aromatic carbocycles. The van der Waals surface area contributed by atoms with E-state index in [1.165, 1.54) is 12.1 Å². The minimum absolute atomic E-state index is 0.464. The molecule has 5 heteroatoms. The van der Waals surface area contributed by atoms with E-state index in [9.17, 15) is 18.0 Å². The molecule has 0 radical (unpaired) electrons. The standard InChI is InChI=1S/C16H14F3NO/c17-16(18,19)14-8-6-13(7-9-14)15(11-21)20-10-12-4-2-1-3-5-12/h1-9,11,15,20H,10H2. The Morgan fingerprint density at radius 2 is 1.62 bits per heavy atom. The average molecular weight is 293 g/mol. The van der Waals surface area contributed by atoms with Crippen LogP contribution in [-0.2, 0) is 17.5 Å². The molecule has 2 rings (SSSR count). The van der Waals surface area contributed by atoms with Gasteiger partial charge in [-0.15, -0.1) is 0 Å². The molecule has 0 aliphatic heterocycles. The summed E-state index contributed by atoms with van der Waals surface area (Å²) < 4.78 is 37.5. The van der Waals surface area contributed by atoms with E-state index >= 15 is 0 Å². The Balaban J connectivity index is 2.05. The molecular weight excluding hydrogens is 279 g/mol. The molecule has 0 aliphatic carbocycles. The number of halogens is 3. The predicted octanol–water partition coefficient (Wildman–Crippen LogP) is 3.74. The number of aldehydes is 1. The van der Waals surface area contributed by atoms with Gasteiger partial charge in [0, 0.05) is 6.54 Å². The number of benzene rings is 2. The van der Waals surface area contributed by atoms with Gasteiger partial charge in [-0.1, -0.05) is 42.5 Å². The third-order valence-electron chi connectivity index (χ3n) is 3.10. The second-order valence-corrected chi connectivity index (χ2v) is 4.60. The maximum Gasteiger partial charge on any atom is 0.416 e. The number of carbonyl (C=O) groups is 1. The summed E-state index contributed by atoms with van der Waals surface area (Å²) in [7, 11) is 0. The molecule has 0 aliphatic rings. The Bertz CT molecular complexity index is 579. The topological polar surface area (TPSA) is 29.1 Å². The lowest BCUT2D eigenvalue weighted by Gasteiger charge is -2.14. The van der Waals surface area contributed by atoms with Crippen LogP contribution in [0.1, 0.15) is 22.7 Å². The molecule has 110 valence electrons. The van der Waals surface area contributed by atoms with E-state index in [1.807, 2.05) is 30.3 Å². The maximum absolute atomic E-state index is 12.5. The van der Waals surface area contributed by atoms with Crippen molar-refractivity contribution in [3.05, 3.63) is 71.3 Å². The van der Waals surface area contributed by atoms with Gasteiger partial charge in [0.05, 0.1) is 11.6 Å². The zero-order valence-corrected chi connectivity index (χ0v) is 11.1. The number of rotatable bonds is 5. The van der Waals surface area contributed by atoms with E-state index in [0.29, 0.717) is 18.4 Å². The van der Waals surface area contributed by atoms with Crippen molar-refractivity contribution in [2.45, 2.75) is 18.8 Å². The summed E-state index contributed by atoms with van der Waals surface area (Å²) in [4.78, 5) is 11.1. The Morgan fingerprint density at radius 3 is 2.14 bits per heavy atom. The molecule has 0 saturated carbocycles. The highest BCUT2D eigenvalue weighted by atomic mass is 19.4. The largest absolute Gasteiger partial charge is 0.416 e. The maximum atomic E-state index is 12.5. The van der Waals surface area contributed by atoms with Gasteiger partial charge in [-0.3, -0.25) is 5.32 Å². The van der Waals surface area contributed by atoms with Gasteiger partial charge in [0.1, 0.15) is 6.29 Å². The molecule has 2 aromatic rings. The van der Waals surface area contributed by atoms with Gasteiger partial charge >= 0.3 is 6.18 Å². The number of alkyl halides is 3. The van der Waals surface area contributed by atoms with Crippen molar-refractivity contribution in [3.8, 4) is 0 Å². The van der Waals surface area contributed by atoms with Crippen molar-refractivity contribution in [3.63, 3.8) is 0 Å². The average Bonchev–Trinajstić information content (AvgIpc) is 2.48. The quantitative estimate of drug-likeness (QED) is 0.851. The Morgan fingerprint density at radius 1 is 1.00 bits per heavy atom. The van der Waals surface area contributed by atoms with Crippen LogP contribution >= 0.6 is 0 Å². The van der Waals surface area contributed by atoms with E-state index in [2.05, 4.69) is 5.32 Å². The van der Waals surface area contributed by atoms with Crippen LogP contribution in [0.2, 0.25) is 0 Å². The van der Waals surface area contributed by atoms with Crippen molar-refractivity contribution in [1.29, 1.82) is 0 Å². The van der Waals surface area contributed by atoms with E-state index in [1.54, 1.807) is 0 Å². The number of carbonyl (C=O) groups excluding carboxylic acids is 1. The Labute approximate surface area is 120 Å². The molecule has 0 bridgehead atoms. The summed E-state index contributed by atoms with van der Waals surface area (Å²) in [5.41, 5.74) is 0.782. The van der Waals surface area contributed by atoms with Gasteiger partial charge in [-0.05, 0) is 23.3 Å². The first-order chi connectivity index (χ1) is 10.0. The minimum Gasteiger partial charge on any atom is -0.301 e. The van der Waals surface area contributed by atoms with Crippen molar-refractivity contribution in [2.24, 2.45) is 0 Å². The first-order valence-corrected chi connectivity index (χ1v) is 6.40. The van der Waals surface area contributed by atoms with Crippen molar-refractivity contribution in [1.82, 2.24) is 5.32 Å². The third-order valence-corrected chi connectivity index (χ3v) is 3.10. The smallest absolute Gasteiger partial charge is 0.301 e. The fraction of sp³-hybridized carbons (Fsp3) is 0.188. The van der Waals surface area contributed by atoms with Crippen LogP contribution in [-0.4, -0.2) is 6.29 Å². The van der Waals surface area contributed by atoms with Crippen molar-refractivity contribution >= 4 is 6.29 Å². The molecular formula is C16H14F3NO. The molecule has 0 saturated heterocycles. The highest BCUT2D eigenvalue weighted by Crippen LogP contribution is 2.29. The normalized spacial score (nSPS) is 12.9. The fourth-order valence-corrected chi connectivity index (χ4v) is 1.95. The summed E-state index contributed by atoms with van der Waals surface area (Å²) in [6, 6.07) is 13.4. The molecule has 0 aromatic heterocycles. The van der Waals surface area contributed by atoms with E-state index in [-0.39, 0.29) is 0 Å². The monoisotopic (exact) mass is 293 g/mol. The molecule has 0 fully saturated rings. The van der Waals surface area contributed by atoms with Gasteiger partial charge in [0.15, 0.2) is 0 Å². The molecule has 0 spiro atoms. The first kappa shape index (κ1) is 15.3. The highest BCUT2D eigenvalue weighted by Gasteiger charge is 2.30. The Hall–Kier alpha value is -2.14. The van der Waals surface area contributed by atoms with Crippen LogP contribution in [0.4, 0.5) is 13.2 Å². The predicted molar refractivity (Wildman–Crippen MR) is 73.5 cm³/mol. The summed E-state index contributed by atoms with van der Waals surface area (Å²) >= 11 is 0. The van der Waals surface area contributed by atoms with Crippen molar-refractivity contribution < 1.29 is 18.0 Å². The van der Waals surface area contributed by atoms with Crippen LogP contribution in [0.3, 0.4) is 0 Å². The minimum atomic E-state index is -4.37. The van der Waals surface area contributed by atoms with Gasteiger partial charge in [-0.2, -0.15) is 13.2 Å². The lowest BCUT2D eigenvalue weighted by atomic mass is 10.1. The van der Waals surface area contributed by atoms with Gasteiger partial charge in [0.2, 0.25) is 0 Å². The van der Waals surface area contributed by atoms with Crippen LogP contribution in [0.25, 0.3) is 0 Å². The van der Waals surface area contributed by atoms with Gasteiger partial charge in [0.25, 0.3) is 0 Å². The molecule has 21 heavy (non-hydrogen) atoms. The Kier molecular flexibility index (Phi) is 4.75. The summed E-state index contributed by atoms with van der Waals surface area (Å²) in [5, 5.41) is 3.01. The first-order valence-electron chi connectivity index (χ1n) is 6.40. The molecule has 0 amide bonds. The SMILES string of the molecule is O=CC(NCc1ccccc1)c1ccc(C(F)(F)F)cc1. The third kappa shape index (κ3) is 4.16. The van der Waals surface area contributed by atoms with Gasteiger partial charge in [-0.25, -0.2) is 0 Å². The summed E-state index contributed by atoms with van der Waals surface area (Å²) in [6.45, 7) is 0.464. The zero-order chi connectivity index (χ0) is 15.3. The molecule has 2 nitrogen and oxygen atoms in total. The molecule has 1 N–H and O–H groups in total. The zero-order valence-electron chi connectivity index (χ0n) is 11.1. The van der Waals surface area contributed by atoms with E-state index in [4.69, 9.17) is 0 Å². The number of hydrogen-bond donors (Lipinski definition) is 1. The van der Waals surface area contributed by atoms with Crippen LogP contribution in [0.5, 0.6) is 0 Å². The molecule has 1 unspecified atom stereocenters. The number of hydrogen-bond acceptors (Lipinski definition) is 2. The van der Waals surface area contributed by atoms with Crippen molar-refractivity contribution in [2.75, 3.05) is 0 Å². The van der Waals surface area contributed by atoms with Crippen LogP contribution in [0.15, 0.2) is 54.6 Å².